The van der Waals surface area contributed by atoms with Crippen LogP contribution in [0.2, 0.25) is 5.02 Å². The summed E-state index contributed by atoms with van der Waals surface area (Å²) in [5.74, 6) is 2.49. The molecule has 1 N–H and O–H groups in total. The van der Waals surface area contributed by atoms with Crippen molar-refractivity contribution < 1.29 is 9.52 Å². The number of aliphatic hydroxyl groups excluding tert-OH is 1. The van der Waals surface area contributed by atoms with Gasteiger partial charge in [0.15, 0.2) is 5.82 Å². The largest absolute Gasteiger partial charge is 0.416 e. The average Bonchev–Trinajstić information content (AvgIpc) is 3.12. The molecule has 9 heteroatoms. The van der Waals surface area contributed by atoms with Crippen molar-refractivity contribution in [2.45, 2.75) is 30.9 Å². The van der Waals surface area contributed by atoms with E-state index in [1.807, 2.05) is 24.3 Å². The maximum absolute atomic E-state index is 9.21. The summed E-state index contributed by atoms with van der Waals surface area (Å²) in [6.07, 6.45) is 0.580. The van der Waals surface area contributed by atoms with Gasteiger partial charge in [-0.3, -0.25) is 0 Å². The molecule has 0 atom stereocenters. The van der Waals surface area contributed by atoms with Gasteiger partial charge < -0.3 is 9.52 Å². The number of hydrogen-bond donors (Lipinski definition) is 1. The van der Waals surface area contributed by atoms with Crippen LogP contribution in [0.1, 0.15) is 23.1 Å². The average molecular weight is 366 g/mol. The lowest BCUT2D eigenvalue weighted by Gasteiger charge is -2.01. The highest BCUT2D eigenvalue weighted by Crippen LogP contribution is 2.21. The highest BCUT2D eigenvalue weighted by Gasteiger charge is 2.13. The molecule has 3 aromatic rings. The molecule has 7 nitrogen and oxygen atoms in total. The summed E-state index contributed by atoms with van der Waals surface area (Å²) in [5, 5.41) is 22.6. The molecule has 0 radical (unpaired) electrons. The van der Waals surface area contributed by atoms with Crippen molar-refractivity contribution in [3.05, 3.63) is 52.4 Å². The normalized spacial score (nSPS) is 11.1. The van der Waals surface area contributed by atoms with Crippen molar-refractivity contribution in [3.63, 3.8) is 0 Å². The molecule has 2 aromatic heterocycles. The second-order valence-corrected chi connectivity index (χ2v) is 6.44. The standard InChI is InChI=1S/C15H16ClN5O2S/c1-10-18-19-15(23-10)24-9-14-17-13(20-21(14)5-6-22)8-11-3-2-4-12(16)7-11/h2-4,7,22H,5-6,8-9H2,1H3. The van der Waals surface area contributed by atoms with E-state index < -0.39 is 0 Å². The summed E-state index contributed by atoms with van der Waals surface area (Å²) in [7, 11) is 0. The Hall–Kier alpha value is -1.90. The summed E-state index contributed by atoms with van der Waals surface area (Å²) in [6.45, 7) is 2.13. The zero-order chi connectivity index (χ0) is 16.9. The van der Waals surface area contributed by atoms with Crippen molar-refractivity contribution in [2.24, 2.45) is 0 Å². The maximum atomic E-state index is 9.21. The number of benzene rings is 1. The Kier molecular flexibility index (Phi) is 5.49. The number of aliphatic hydroxyl groups is 1. The van der Waals surface area contributed by atoms with Crippen LogP contribution in [0.4, 0.5) is 0 Å². The summed E-state index contributed by atoms with van der Waals surface area (Å²) in [6, 6.07) is 7.60. The molecule has 3 rings (SSSR count). The molecule has 0 aliphatic heterocycles. The van der Waals surface area contributed by atoms with Gasteiger partial charge in [-0.2, -0.15) is 5.10 Å². The van der Waals surface area contributed by atoms with Crippen LogP contribution in [0.3, 0.4) is 0 Å². The second kappa shape index (κ2) is 7.78. The van der Waals surface area contributed by atoms with Gasteiger partial charge in [0.2, 0.25) is 5.89 Å². The smallest absolute Gasteiger partial charge is 0.277 e. The van der Waals surface area contributed by atoms with Crippen LogP contribution < -0.4 is 0 Å². The minimum atomic E-state index is -0.00268. The lowest BCUT2D eigenvalue weighted by atomic mass is 10.1. The van der Waals surface area contributed by atoms with Crippen LogP contribution in [0, 0.1) is 6.92 Å². The zero-order valence-corrected chi connectivity index (χ0v) is 14.6. The van der Waals surface area contributed by atoms with Crippen molar-refractivity contribution in [1.82, 2.24) is 25.0 Å². The Morgan fingerprint density at radius 1 is 1.33 bits per heavy atom. The first-order valence-corrected chi connectivity index (χ1v) is 8.71. The van der Waals surface area contributed by atoms with Crippen LogP contribution in [-0.4, -0.2) is 36.7 Å². The minimum absolute atomic E-state index is 0.00268. The van der Waals surface area contributed by atoms with Gasteiger partial charge in [0.25, 0.3) is 5.22 Å². The van der Waals surface area contributed by atoms with Gasteiger partial charge in [-0.25, -0.2) is 9.67 Å². The first-order chi connectivity index (χ1) is 11.6. The monoisotopic (exact) mass is 365 g/mol. The lowest BCUT2D eigenvalue weighted by molar-refractivity contribution is 0.267. The van der Waals surface area contributed by atoms with Crippen molar-refractivity contribution in [1.29, 1.82) is 0 Å². The SMILES string of the molecule is Cc1nnc(SCc2nc(Cc3cccc(Cl)c3)nn2CCO)o1. The Morgan fingerprint density at radius 2 is 2.21 bits per heavy atom. The first-order valence-electron chi connectivity index (χ1n) is 7.35. The molecule has 0 bridgehead atoms. The molecule has 24 heavy (non-hydrogen) atoms. The number of nitrogens with zero attached hydrogens (tertiary/aromatic N) is 5. The van der Waals surface area contributed by atoms with Gasteiger partial charge in [-0.15, -0.1) is 10.2 Å². The van der Waals surface area contributed by atoms with E-state index in [1.54, 1.807) is 11.6 Å². The van der Waals surface area contributed by atoms with E-state index in [9.17, 15) is 5.11 Å². The van der Waals surface area contributed by atoms with Crippen LogP contribution >= 0.6 is 23.4 Å². The molecule has 0 fully saturated rings. The molecule has 0 unspecified atom stereocenters. The number of aromatic nitrogens is 5. The molecule has 0 saturated carbocycles. The fourth-order valence-electron chi connectivity index (χ4n) is 2.17. The molecule has 2 heterocycles. The van der Waals surface area contributed by atoms with E-state index in [1.165, 1.54) is 11.8 Å². The molecule has 1 aromatic carbocycles. The Bertz CT molecular complexity index is 820. The zero-order valence-electron chi connectivity index (χ0n) is 13.0. The van der Waals surface area contributed by atoms with Gasteiger partial charge in [0.1, 0.15) is 5.82 Å². The first kappa shape index (κ1) is 16.9. The third-order valence-corrected chi connectivity index (χ3v) is 4.24. The highest BCUT2D eigenvalue weighted by molar-refractivity contribution is 7.98. The van der Waals surface area contributed by atoms with E-state index in [-0.39, 0.29) is 6.61 Å². The Labute approximate surface area is 148 Å². The van der Waals surface area contributed by atoms with E-state index in [0.29, 0.717) is 40.7 Å². The van der Waals surface area contributed by atoms with E-state index in [0.717, 1.165) is 11.4 Å². The van der Waals surface area contributed by atoms with Crippen molar-refractivity contribution >= 4 is 23.4 Å². The number of hydrogen-bond acceptors (Lipinski definition) is 7. The number of aryl methyl sites for hydroxylation is 1. The third kappa shape index (κ3) is 4.34. The fourth-order valence-corrected chi connectivity index (χ4v) is 3.13. The van der Waals surface area contributed by atoms with Gasteiger partial charge in [-0.1, -0.05) is 35.5 Å². The molecular formula is C15H16ClN5O2S. The van der Waals surface area contributed by atoms with Gasteiger partial charge in [-0.05, 0) is 17.7 Å². The lowest BCUT2D eigenvalue weighted by Crippen LogP contribution is -2.08. The number of halogens is 1. The summed E-state index contributed by atoms with van der Waals surface area (Å²) in [5.41, 5.74) is 1.04. The van der Waals surface area contributed by atoms with Gasteiger partial charge in [0, 0.05) is 18.4 Å². The van der Waals surface area contributed by atoms with E-state index in [4.69, 9.17) is 16.0 Å². The molecule has 0 aliphatic carbocycles. The summed E-state index contributed by atoms with van der Waals surface area (Å²) in [4.78, 5) is 4.56. The van der Waals surface area contributed by atoms with Crippen LogP contribution in [0.5, 0.6) is 0 Å². The molecule has 0 aliphatic rings. The second-order valence-electron chi connectivity index (χ2n) is 5.07. The topological polar surface area (TPSA) is 89.9 Å². The molecule has 0 amide bonds. The third-order valence-electron chi connectivity index (χ3n) is 3.19. The molecule has 126 valence electrons. The minimum Gasteiger partial charge on any atom is -0.416 e. The van der Waals surface area contributed by atoms with Gasteiger partial charge >= 0.3 is 0 Å². The van der Waals surface area contributed by atoms with E-state index >= 15 is 0 Å². The number of rotatable bonds is 7. The summed E-state index contributed by atoms with van der Waals surface area (Å²) < 4.78 is 7.04. The van der Waals surface area contributed by atoms with Crippen molar-refractivity contribution in [3.8, 4) is 0 Å². The predicted octanol–water partition coefficient (Wildman–Crippen LogP) is 2.50. The van der Waals surface area contributed by atoms with Crippen LogP contribution in [-0.2, 0) is 18.7 Å². The number of thioether (sulfide) groups is 1. The van der Waals surface area contributed by atoms with Gasteiger partial charge in [0.05, 0.1) is 18.9 Å². The predicted molar refractivity (Wildman–Crippen MR) is 90.0 cm³/mol. The van der Waals surface area contributed by atoms with Crippen molar-refractivity contribution in [2.75, 3.05) is 6.61 Å². The summed E-state index contributed by atoms with van der Waals surface area (Å²) >= 11 is 7.40. The molecule has 0 saturated heterocycles. The van der Waals surface area contributed by atoms with E-state index in [2.05, 4.69) is 20.3 Å². The Balaban J connectivity index is 1.74. The maximum Gasteiger partial charge on any atom is 0.277 e. The highest BCUT2D eigenvalue weighted by atomic mass is 35.5. The van der Waals surface area contributed by atoms with Crippen LogP contribution in [0.25, 0.3) is 0 Å². The molecule has 0 spiro atoms. The van der Waals surface area contributed by atoms with Crippen LogP contribution in [0.15, 0.2) is 33.9 Å². The Morgan fingerprint density at radius 3 is 2.92 bits per heavy atom. The fraction of sp³-hybridized carbons (Fsp3) is 0.333. The molecular weight excluding hydrogens is 350 g/mol. The quantitative estimate of drug-likeness (QED) is 0.643.